The van der Waals surface area contributed by atoms with Gasteiger partial charge in [0.05, 0.1) is 0 Å². The van der Waals surface area contributed by atoms with E-state index < -0.39 is 0 Å². The second-order valence-corrected chi connectivity index (χ2v) is 5.89. The molecule has 0 bridgehead atoms. The second kappa shape index (κ2) is 7.24. The third-order valence-corrected chi connectivity index (χ3v) is 4.79. The van der Waals surface area contributed by atoms with Gasteiger partial charge in [0.1, 0.15) is 0 Å². The first-order chi connectivity index (χ1) is 9.71. The molecule has 0 saturated heterocycles. The third-order valence-electron chi connectivity index (χ3n) is 4.79. The van der Waals surface area contributed by atoms with Crippen molar-refractivity contribution in [1.29, 1.82) is 0 Å². The molecule has 0 aliphatic carbocycles. The van der Waals surface area contributed by atoms with E-state index in [0.29, 0.717) is 0 Å². The summed E-state index contributed by atoms with van der Waals surface area (Å²) < 4.78 is 0. The topological polar surface area (TPSA) is 6.48 Å². The fourth-order valence-corrected chi connectivity index (χ4v) is 3.33. The monoisotopic (exact) mass is 274 g/mol. The summed E-state index contributed by atoms with van der Waals surface area (Å²) in [4.78, 5) is 5.10. The van der Waals surface area contributed by atoms with Crippen molar-refractivity contribution < 1.29 is 0 Å². The van der Waals surface area contributed by atoms with Crippen LogP contribution in [0.5, 0.6) is 0 Å². The lowest BCUT2D eigenvalue weighted by atomic mass is 9.91. The first-order valence-corrected chi connectivity index (χ1v) is 8.28. The summed E-state index contributed by atoms with van der Waals surface area (Å²) >= 11 is 0. The van der Waals surface area contributed by atoms with Crippen molar-refractivity contribution in [3.8, 4) is 0 Å². The standard InChI is InChI=1S/C18H30N2/c1-5-18-12-17-11-15(13-19(6-2)7-3)9-10-16(17)14-20(18)8-4/h9-11,18H,5-8,12-14H2,1-4H3. The molecule has 1 aliphatic heterocycles. The summed E-state index contributed by atoms with van der Waals surface area (Å²) in [6.45, 7) is 14.7. The Balaban J connectivity index is 2.15. The van der Waals surface area contributed by atoms with E-state index in [1.54, 1.807) is 11.1 Å². The minimum atomic E-state index is 0.733. The first kappa shape index (κ1) is 15.5. The van der Waals surface area contributed by atoms with Crippen molar-refractivity contribution in [3.63, 3.8) is 0 Å². The predicted molar refractivity (Wildman–Crippen MR) is 86.9 cm³/mol. The number of nitrogens with zero attached hydrogens (tertiary/aromatic N) is 2. The normalized spacial score (nSPS) is 19.4. The fraction of sp³-hybridized carbons (Fsp3) is 0.667. The number of likely N-dealkylation sites (N-methyl/N-ethyl adjacent to an activating group) is 1. The lowest BCUT2D eigenvalue weighted by Crippen LogP contribution is -2.39. The van der Waals surface area contributed by atoms with Gasteiger partial charge in [0.25, 0.3) is 0 Å². The SMILES string of the molecule is CCC1Cc2cc(CN(CC)CC)ccc2CN1CC. The highest BCUT2D eigenvalue weighted by Gasteiger charge is 2.23. The Labute approximate surface area is 124 Å². The lowest BCUT2D eigenvalue weighted by molar-refractivity contribution is 0.176. The van der Waals surface area contributed by atoms with E-state index in [9.17, 15) is 0 Å². The average Bonchev–Trinajstić information content (AvgIpc) is 2.50. The number of fused-ring (bicyclic) bond motifs is 1. The Morgan fingerprint density at radius 2 is 1.85 bits per heavy atom. The molecule has 1 aromatic rings. The molecule has 0 N–H and O–H groups in total. The van der Waals surface area contributed by atoms with Gasteiger partial charge in [-0.25, -0.2) is 0 Å². The van der Waals surface area contributed by atoms with Crippen LogP contribution in [0.25, 0.3) is 0 Å². The molecule has 1 aromatic carbocycles. The number of benzene rings is 1. The maximum absolute atomic E-state index is 2.62. The largest absolute Gasteiger partial charge is 0.300 e. The number of hydrogen-bond donors (Lipinski definition) is 0. The van der Waals surface area contributed by atoms with Gasteiger partial charge >= 0.3 is 0 Å². The summed E-state index contributed by atoms with van der Waals surface area (Å²) in [5, 5.41) is 0. The molecule has 0 saturated carbocycles. The highest BCUT2D eigenvalue weighted by molar-refractivity contribution is 5.34. The van der Waals surface area contributed by atoms with E-state index in [2.05, 4.69) is 55.7 Å². The van der Waals surface area contributed by atoms with E-state index >= 15 is 0 Å². The van der Waals surface area contributed by atoms with Gasteiger partial charge in [-0.3, -0.25) is 9.80 Å². The highest BCUT2D eigenvalue weighted by atomic mass is 15.2. The van der Waals surface area contributed by atoms with Crippen molar-refractivity contribution in [2.75, 3.05) is 19.6 Å². The molecular weight excluding hydrogens is 244 g/mol. The van der Waals surface area contributed by atoms with Gasteiger partial charge in [-0.2, -0.15) is 0 Å². The predicted octanol–water partition coefficient (Wildman–Crippen LogP) is 3.69. The van der Waals surface area contributed by atoms with Gasteiger partial charge in [0, 0.05) is 19.1 Å². The van der Waals surface area contributed by atoms with Crippen LogP contribution >= 0.6 is 0 Å². The molecule has 0 aromatic heterocycles. The van der Waals surface area contributed by atoms with E-state index in [1.165, 1.54) is 24.9 Å². The van der Waals surface area contributed by atoms with Gasteiger partial charge in [0.15, 0.2) is 0 Å². The molecule has 20 heavy (non-hydrogen) atoms. The summed E-state index contributed by atoms with van der Waals surface area (Å²) in [7, 11) is 0. The zero-order valence-electron chi connectivity index (χ0n) is 13.7. The van der Waals surface area contributed by atoms with Gasteiger partial charge in [0.2, 0.25) is 0 Å². The summed E-state index contributed by atoms with van der Waals surface area (Å²) in [6, 6.07) is 7.89. The zero-order chi connectivity index (χ0) is 14.5. The molecule has 0 fully saturated rings. The van der Waals surface area contributed by atoms with Gasteiger partial charge in [-0.05, 0) is 49.2 Å². The molecule has 1 unspecified atom stereocenters. The van der Waals surface area contributed by atoms with Crippen molar-refractivity contribution >= 4 is 0 Å². The zero-order valence-corrected chi connectivity index (χ0v) is 13.7. The molecule has 0 spiro atoms. The van der Waals surface area contributed by atoms with Gasteiger partial charge in [-0.1, -0.05) is 45.9 Å². The smallest absolute Gasteiger partial charge is 0.0239 e. The Hall–Kier alpha value is -0.860. The van der Waals surface area contributed by atoms with Crippen LogP contribution in [0.3, 0.4) is 0 Å². The summed E-state index contributed by atoms with van der Waals surface area (Å²) in [5.74, 6) is 0. The van der Waals surface area contributed by atoms with Crippen LogP contribution in [0.2, 0.25) is 0 Å². The quantitative estimate of drug-likeness (QED) is 0.780. The van der Waals surface area contributed by atoms with Crippen LogP contribution in [0, 0.1) is 0 Å². The van der Waals surface area contributed by atoms with Crippen molar-refractivity contribution in [2.45, 2.75) is 59.7 Å². The van der Waals surface area contributed by atoms with Gasteiger partial charge < -0.3 is 0 Å². The molecule has 1 atom stereocenters. The lowest BCUT2D eigenvalue weighted by Gasteiger charge is -2.36. The molecule has 2 nitrogen and oxygen atoms in total. The van der Waals surface area contributed by atoms with Crippen molar-refractivity contribution in [1.82, 2.24) is 9.80 Å². The highest BCUT2D eigenvalue weighted by Crippen LogP contribution is 2.26. The Morgan fingerprint density at radius 1 is 1.10 bits per heavy atom. The van der Waals surface area contributed by atoms with Crippen LogP contribution < -0.4 is 0 Å². The molecule has 112 valence electrons. The van der Waals surface area contributed by atoms with E-state index in [-0.39, 0.29) is 0 Å². The molecular formula is C18H30N2. The molecule has 1 heterocycles. The molecule has 1 aliphatic rings. The van der Waals surface area contributed by atoms with Crippen LogP contribution in [0.15, 0.2) is 18.2 Å². The van der Waals surface area contributed by atoms with Crippen molar-refractivity contribution in [3.05, 3.63) is 34.9 Å². The molecule has 0 radical (unpaired) electrons. The van der Waals surface area contributed by atoms with Gasteiger partial charge in [-0.15, -0.1) is 0 Å². The Bertz CT molecular complexity index is 423. The summed E-state index contributed by atoms with van der Waals surface area (Å²) in [6.07, 6.45) is 2.49. The first-order valence-electron chi connectivity index (χ1n) is 8.28. The minimum absolute atomic E-state index is 0.733. The molecule has 2 heteroatoms. The fourth-order valence-electron chi connectivity index (χ4n) is 3.33. The maximum Gasteiger partial charge on any atom is 0.0239 e. The molecule has 2 rings (SSSR count). The van der Waals surface area contributed by atoms with Crippen LogP contribution in [-0.4, -0.2) is 35.5 Å². The van der Waals surface area contributed by atoms with Crippen molar-refractivity contribution in [2.24, 2.45) is 0 Å². The van der Waals surface area contributed by atoms with Crippen LogP contribution in [-0.2, 0) is 19.5 Å². The van der Waals surface area contributed by atoms with Crippen LogP contribution in [0.1, 0.15) is 50.8 Å². The number of rotatable bonds is 6. The maximum atomic E-state index is 2.62. The summed E-state index contributed by atoms with van der Waals surface area (Å²) in [5.41, 5.74) is 4.61. The average molecular weight is 274 g/mol. The Kier molecular flexibility index (Phi) is 5.62. The second-order valence-electron chi connectivity index (χ2n) is 5.89. The van der Waals surface area contributed by atoms with Crippen LogP contribution in [0.4, 0.5) is 0 Å². The third kappa shape index (κ3) is 3.42. The van der Waals surface area contributed by atoms with E-state index in [1.807, 2.05) is 0 Å². The number of hydrogen-bond acceptors (Lipinski definition) is 2. The Morgan fingerprint density at radius 3 is 2.45 bits per heavy atom. The minimum Gasteiger partial charge on any atom is -0.300 e. The van der Waals surface area contributed by atoms with E-state index in [0.717, 1.165) is 32.2 Å². The van der Waals surface area contributed by atoms with E-state index in [4.69, 9.17) is 0 Å². The molecule has 0 amide bonds.